The third kappa shape index (κ3) is 4.33. The van der Waals surface area contributed by atoms with Crippen molar-refractivity contribution in [2.75, 3.05) is 5.32 Å². The first-order valence-electron chi connectivity index (χ1n) is 10.1. The number of allylic oxidation sites excluding steroid dienone is 2. The number of rotatable bonds is 5. The lowest BCUT2D eigenvalue weighted by molar-refractivity contribution is 0.103. The molecule has 0 aromatic heterocycles. The fourth-order valence-electron chi connectivity index (χ4n) is 3.41. The van der Waals surface area contributed by atoms with E-state index in [2.05, 4.69) is 9.71 Å². The number of benzene rings is 3. The van der Waals surface area contributed by atoms with Crippen molar-refractivity contribution in [3.63, 3.8) is 0 Å². The zero-order chi connectivity index (χ0) is 22.9. The number of ketones is 1. The lowest BCUT2D eigenvalue weighted by Gasteiger charge is -2.19. The number of phenolic OH excluding ortho intramolecular Hbond substituents is 1. The van der Waals surface area contributed by atoms with Gasteiger partial charge < -0.3 is 10.4 Å². The number of fused-ring (bicyclic) bond motifs is 1. The van der Waals surface area contributed by atoms with E-state index in [4.69, 9.17) is 0 Å². The van der Waals surface area contributed by atoms with Gasteiger partial charge in [-0.15, -0.1) is 0 Å². The van der Waals surface area contributed by atoms with Crippen LogP contribution in [0.15, 0.2) is 93.9 Å². The molecule has 0 amide bonds. The molecule has 32 heavy (non-hydrogen) atoms. The molecule has 4 rings (SSSR count). The van der Waals surface area contributed by atoms with Gasteiger partial charge in [-0.2, -0.15) is 12.8 Å². The maximum absolute atomic E-state index is 13.0. The highest BCUT2D eigenvalue weighted by molar-refractivity contribution is 7.90. The van der Waals surface area contributed by atoms with Crippen LogP contribution in [0, 0.1) is 0 Å². The number of aromatic hydroxyl groups is 1. The Balaban J connectivity index is 1.77. The fourth-order valence-corrected chi connectivity index (χ4v) is 4.40. The van der Waals surface area contributed by atoms with Gasteiger partial charge in [-0.25, -0.2) is 0 Å². The van der Waals surface area contributed by atoms with Crippen molar-refractivity contribution in [2.24, 2.45) is 4.40 Å². The topological polar surface area (TPSA) is 95.8 Å². The molecule has 0 heterocycles. The van der Waals surface area contributed by atoms with Crippen LogP contribution in [0.3, 0.4) is 0 Å². The normalized spacial score (nSPS) is 14.9. The third-order valence-electron chi connectivity index (χ3n) is 5.18. The number of carbonyl (C=O) groups is 1. The van der Waals surface area contributed by atoms with Gasteiger partial charge in [-0.1, -0.05) is 50.2 Å². The molecule has 0 bridgehead atoms. The van der Waals surface area contributed by atoms with Gasteiger partial charge in [0, 0.05) is 16.8 Å². The highest BCUT2D eigenvalue weighted by Crippen LogP contribution is 2.26. The summed E-state index contributed by atoms with van der Waals surface area (Å²) < 4.78 is 30.1. The van der Waals surface area contributed by atoms with Gasteiger partial charge in [0.15, 0.2) is 0 Å². The quantitative estimate of drug-likeness (QED) is 0.544. The van der Waals surface area contributed by atoms with Crippen LogP contribution in [0.25, 0.3) is 0 Å². The SMILES string of the molecule is CC(C)c1ccc(S(=O)(=O)/N=C2\C=C(Nc3ccc(O)cc3)C(=O)c3ccccc32)cc1. The summed E-state index contributed by atoms with van der Waals surface area (Å²) in [5.74, 6) is 0.110. The van der Waals surface area contributed by atoms with E-state index in [0.717, 1.165) is 5.56 Å². The molecule has 0 radical (unpaired) electrons. The summed E-state index contributed by atoms with van der Waals surface area (Å²) in [7, 11) is -3.99. The second kappa shape index (κ2) is 8.43. The first-order chi connectivity index (χ1) is 15.2. The standard InChI is InChI=1S/C25H22N2O4S/c1-16(2)17-7-13-20(14-8-17)32(30,31)27-23-15-24(26-18-9-11-19(28)12-10-18)25(29)22-6-4-3-5-21(22)23/h3-16,26,28H,1-2H3/b27-23+. The van der Waals surface area contributed by atoms with Gasteiger partial charge in [0.25, 0.3) is 10.0 Å². The van der Waals surface area contributed by atoms with Crippen LogP contribution in [-0.4, -0.2) is 25.0 Å². The van der Waals surface area contributed by atoms with E-state index < -0.39 is 10.0 Å². The van der Waals surface area contributed by atoms with E-state index in [1.54, 1.807) is 60.7 Å². The maximum atomic E-state index is 13.0. The molecular weight excluding hydrogens is 424 g/mol. The van der Waals surface area contributed by atoms with Crippen LogP contribution >= 0.6 is 0 Å². The van der Waals surface area contributed by atoms with E-state index in [0.29, 0.717) is 16.8 Å². The van der Waals surface area contributed by atoms with Crippen molar-refractivity contribution < 1.29 is 18.3 Å². The molecule has 2 N–H and O–H groups in total. The lowest BCUT2D eigenvalue weighted by atomic mass is 9.92. The molecule has 7 heteroatoms. The van der Waals surface area contributed by atoms with Crippen LogP contribution in [-0.2, 0) is 10.0 Å². The molecule has 0 unspecified atom stereocenters. The molecule has 0 spiro atoms. The zero-order valence-electron chi connectivity index (χ0n) is 17.6. The van der Waals surface area contributed by atoms with Gasteiger partial charge in [0.2, 0.25) is 5.78 Å². The molecule has 6 nitrogen and oxygen atoms in total. The Bertz CT molecular complexity index is 1340. The molecule has 3 aromatic carbocycles. The summed E-state index contributed by atoms with van der Waals surface area (Å²) in [5, 5.41) is 12.5. The highest BCUT2D eigenvalue weighted by Gasteiger charge is 2.26. The Morgan fingerprint density at radius 2 is 1.50 bits per heavy atom. The third-order valence-corrected chi connectivity index (χ3v) is 6.49. The Hall–Kier alpha value is -3.71. The number of phenols is 1. The van der Waals surface area contributed by atoms with Crippen LogP contribution in [0.1, 0.15) is 41.3 Å². The van der Waals surface area contributed by atoms with E-state index >= 15 is 0 Å². The van der Waals surface area contributed by atoms with Crippen molar-refractivity contribution in [2.45, 2.75) is 24.7 Å². The van der Waals surface area contributed by atoms with Gasteiger partial charge >= 0.3 is 0 Å². The Kier molecular flexibility index (Phi) is 5.67. The lowest BCUT2D eigenvalue weighted by Crippen LogP contribution is -2.22. The van der Waals surface area contributed by atoms with Crippen LogP contribution in [0.5, 0.6) is 5.75 Å². The molecule has 0 fully saturated rings. The van der Waals surface area contributed by atoms with E-state index in [-0.39, 0.29) is 33.8 Å². The maximum Gasteiger partial charge on any atom is 0.282 e. The number of hydrogen-bond donors (Lipinski definition) is 2. The number of nitrogens with zero attached hydrogens (tertiary/aromatic N) is 1. The van der Waals surface area contributed by atoms with Crippen molar-refractivity contribution >= 4 is 27.2 Å². The first-order valence-corrected chi connectivity index (χ1v) is 11.6. The summed E-state index contributed by atoms with van der Waals surface area (Å²) in [4.78, 5) is 13.1. The largest absolute Gasteiger partial charge is 0.508 e. The summed E-state index contributed by atoms with van der Waals surface area (Å²) in [5.41, 5.74) is 2.79. The molecule has 0 saturated carbocycles. The Labute approximate surface area is 187 Å². The first kappa shape index (κ1) is 21.5. The fraction of sp³-hybridized carbons (Fsp3) is 0.120. The second-order valence-electron chi connectivity index (χ2n) is 7.78. The predicted octanol–water partition coefficient (Wildman–Crippen LogP) is 4.89. The van der Waals surface area contributed by atoms with Crippen molar-refractivity contribution in [1.29, 1.82) is 0 Å². The predicted molar refractivity (Wildman–Crippen MR) is 125 cm³/mol. The van der Waals surface area contributed by atoms with Gasteiger partial charge in [-0.3, -0.25) is 4.79 Å². The minimum absolute atomic E-state index is 0.0882. The summed E-state index contributed by atoms with van der Waals surface area (Å²) in [6.07, 6.45) is 1.44. The van der Waals surface area contributed by atoms with Crippen LogP contribution in [0.4, 0.5) is 5.69 Å². The molecular formula is C25H22N2O4S. The number of hydrogen-bond acceptors (Lipinski definition) is 5. The average Bonchev–Trinajstić information content (AvgIpc) is 2.78. The molecule has 0 saturated heterocycles. The van der Waals surface area contributed by atoms with Crippen molar-refractivity contribution in [3.8, 4) is 5.75 Å². The second-order valence-corrected chi connectivity index (χ2v) is 9.38. The van der Waals surface area contributed by atoms with Crippen LogP contribution in [0.2, 0.25) is 0 Å². The van der Waals surface area contributed by atoms with Gasteiger partial charge in [-0.05, 0) is 54.0 Å². The molecule has 0 aliphatic heterocycles. The minimum atomic E-state index is -3.99. The summed E-state index contributed by atoms with van der Waals surface area (Å²) in [6.45, 7) is 4.07. The number of sulfonamides is 1. The number of carbonyl (C=O) groups excluding carboxylic acids is 1. The smallest absolute Gasteiger partial charge is 0.282 e. The van der Waals surface area contributed by atoms with Crippen LogP contribution < -0.4 is 5.32 Å². The van der Waals surface area contributed by atoms with E-state index in [9.17, 15) is 18.3 Å². The molecule has 3 aromatic rings. The molecule has 1 aliphatic carbocycles. The van der Waals surface area contributed by atoms with Crippen molar-refractivity contribution in [1.82, 2.24) is 0 Å². The Morgan fingerprint density at radius 1 is 0.875 bits per heavy atom. The molecule has 162 valence electrons. The van der Waals surface area contributed by atoms with Gasteiger partial charge in [0.05, 0.1) is 16.3 Å². The van der Waals surface area contributed by atoms with E-state index in [1.165, 1.54) is 18.2 Å². The average molecular weight is 447 g/mol. The number of nitrogens with one attached hydrogen (secondary N) is 1. The van der Waals surface area contributed by atoms with E-state index in [1.807, 2.05) is 13.8 Å². The highest BCUT2D eigenvalue weighted by atomic mass is 32.2. The molecule has 0 atom stereocenters. The molecule has 1 aliphatic rings. The van der Waals surface area contributed by atoms with Gasteiger partial charge in [0.1, 0.15) is 5.75 Å². The minimum Gasteiger partial charge on any atom is -0.508 e. The zero-order valence-corrected chi connectivity index (χ0v) is 18.4. The number of anilines is 1. The number of Topliss-reactive ketones (excluding diaryl/α,β-unsaturated/α-hetero) is 1. The Morgan fingerprint density at radius 3 is 2.12 bits per heavy atom. The van der Waals surface area contributed by atoms with Crippen molar-refractivity contribution in [3.05, 3.63) is 101 Å². The monoisotopic (exact) mass is 446 g/mol. The summed E-state index contributed by atoms with van der Waals surface area (Å²) in [6, 6.07) is 19.7. The summed E-state index contributed by atoms with van der Waals surface area (Å²) >= 11 is 0.